The van der Waals surface area contributed by atoms with Crippen LogP contribution in [-0.2, 0) is 136 Å². The number of rotatable bonds is 0. The van der Waals surface area contributed by atoms with Gasteiger partial charge in [-0.15, -0.1) is 0 Å². The summed E-state index contributed by atoms with van der Waals surface area (Å²) >= 11 is 4.54. The summed E-state index contributed by atoms with van der Waals surface area (Å²) in [6, 6.07) is 0. The molecule has 4 radical (unpaired) electrons. The second-order valence-corrected chi connectivity index (χ2v) is 9.05. The Balaban J connectivity index is -0.0000000102. The summed E-state index contributed by atoms with van der Waals surface area (Å²) in [5, 5.41) is 0. The molecule has 0 aromatic heterocycles. The summed E-state index contributed by atoms with van der Waals surface area (Å²) in [5.74, 6) is 1.58. The Kier molecular flexibility index (Phi) is 307. The molecule has 0 amide bonds. The topological polar surface area (TPSA) is 29.4 Å². The number of hydrogen-bond donors (Lipinski definition) is 0. The van der Waals surface area contributed by atoms with Crippen LogP contribution >= 0.6 is 12.2 Å². The van der Waals surface area contributed by atoms with E-state index in [1.165, 1.54) is 36.5 Å². The molecule has 0 spiro atoms. The summed E-state index contributed by atoms with van der Waals surface area (Å²) in [6.45, 7) is 34.9. The minimum Gasteiger partial charge on any atom is -0.501 e. The van der Waals surface area contributed by atoms with Crippen molar-refractivity contribution in [3.8, 4) is 0 Å². The van der Waals surface area contributed by atoms with Crippen LogP contribution in [0.5, 0.6) is 0 Å². The molecule has 0 fully saturated rings. The molecule has 0 aliphatic carbocycles. The fraction of sp³-hybridized carbons (Fsp3) is 0.722. The zero-order valence-electron chi connectivity index (χ0n) is 27.6. The molecule has 0 rings (SSSR count). The second kappa shape index (κ2) is 111. The maximum atomic E-state index is 9.44. The first-order chi connectivity index (χ1) is 14.3. The Morgan fingerprint density at radius 3 is 0.558 bits per heavy atom. The van der Waals surface area contributed by atoms with Crippen molar-refractivity contribution in [2.75, 3.05) is 7.05 Å². The van der Waals surface area contributed by atoms with Gasteiger partial charge in [0.15, 0.2) is 0 Å². The minimum atomic E-state index is 0. The predicted molar refractivity (Wildman–Crippen MR) is 204 cm³/mol. The number of hydrogen-bond acceptors (Lipinski definition) is 3. The van der Waals surface area contributed by atoms with Crippen molar-refractivity contribution in [2.24, 2.45) is 4.99 Å². The average molecular weight is 936 g/mol. The third kappa shape index (κ3) is 683. The van der Waals surface area contributed by atoms with Crippen LogP contribution in [0.2, 0.25) is 0 Å². The first-order valence-electron chi connectivity index (χ1n) is 10.8. The Morgan fingerprint density at radius 1 is 0.512 bits per heavy atom. The van der Waals surface area contributed by atoms with Crippen molar-refractivity contribution in [1.29, 1.82) is 0 Å². The fourth-order valence-electron chi connectivity index (χ4n) is 0. The van der Waals surface area contributed by atoms with Crippen molar-refractivity contribution < 1.29 is 136 Å². The van der Waals surface area contributed by atoms with Gasteiger partial charge in [0.2, 0.25) is 0 Å². The van der Waals surface area contributed by atoms with Crippen molar-refractivity contribution in [2.45, 2.75) is 177 Å². The molecule has 0 bridgehead atoms. The van der Waals surface area contributed by atoms with Gasteiger partial charge < -0.3 is 28.9 Å². The van der Waals surface area contributed by atoms with Crippen LogP contribution in [0.3, 0.4) is 0 Å². The maximum Gasteiger partial charge on any atom is 0.126 e. The monoisotopic (exact) mass is 935 g/mol. The van der Waals surface area contributed by atoms with E-state index < -0.39 is 0 Å². The van der Waals surface area contributed by atoms with Gasteiger partial charge in [-0.3, -0.25) is 21.7 Å². The second-order valence-electron chi connectivity index (χ2n) is 8.24. The van der Waals surface area contributed by atoms with Gasteiger partial charge in [-0.05, 0) is 46.4 Å². The number of carbonyl (C=O) groups excluding carboxylic acids is 1. The van der Waals surface area contributed by atoms with E-state index >= 15 is 0 Å². The number of thiocarbonyl (C=S) groups is 1. The number of ketones is 1. The first kappa shape index (κ1) is 119. The molecule has 0 aromatic carbocycles. The third-order valence-corrected chi connectivity index (χ3v) is 1.95. The van der Waals surface area contributed by atoms with E-state index in [0.29, 0.717) is 0 Å². The normalized spacial score (nSPS) is 5.30. The first-order valence-corrected chi connectivity index (χ1v) is 11.2. The van der Waals surface area contributed by atoms with Gasteiger partial charge in [0.05, 0.1) is 0 Å². The van der Waals surface area contributed by atoms with Crippen LogP contribution in [0.25, 0.3) is 0 Å². The van der Waals surface area contributed by atoms with E-state index in [2.05, 4.69) is 56.2 Å². The van der Waals surface area contributed by atoms with E-state index in [9.17, 15) is 4.79 Å². The van der Waals surface area contributed by atoms with Crippen LogP contribution in [0, 0.1) is 24.1 Å². The summed E-state index contributed by atoms with van der Waals surface area (Å²) in [4.78, 5) is 14.2. The van der Waals surface area contributed by atoms with Gasteiger partial charge in [0.25, 0.3) is 0 Å². The SMILES string of the molecule is C.C.C.C.C.C.C.CC(C)=O.CC(C)=S.CN=C(C)C.C[C-](C)C.C[C-]=C(C)C.C[C-]=C(C)C.C[C-]=C(C)C.[Y].[Y].[Y].[Y]. The van der Waals surface area contributed by atoms with Gasteiger partial charge in [0, 0.05) is 144 Å². The fourth-order valence-corrected chi connectivity index (χ4v) is 0. The number of allylic oxidation sites excluding steroid dienone is 6. The number of aliphatic imine (C=N–C) groups is 1. The molecular weight excluding hydrogens is 850 g/mol. The quantitative estimate of drug-likeness (QED) is 0.138. The molecule has 43 heavy (non-hydrogen) atoms. The molecule has 0 aromatic rings. The minimum absolute atomic E-state index is 0. The van der Waals surface area contributed by atoms with Gasteiger partial charge >= 0.3 is 0 Å². The van der Waals surface area contributed by atoms with Gasteiger partial charge in [-0.2, -0.15) is 41.5 Å². The molecule has 0 unspecified atom stereocenters. The molecule has 0 N–H and O–H groups in total. The Morgan fingerprint density at radius 2 is 0.558 bits per heavy atom. The van der Waals surface area contributed by atoms with Crippen LogP contribution in [0.4, 0.5) is 0 Å². The average Bonchev–Trinajstić information content (AvgIpc) is 2.61. The van der Waals surface area contributed by atoms with Crippen molar-refractivity contribution in [3.05, 3.63) is 40.9 Å². The van der Waals surface area contributed by atoms with Gasteiger partial charge in [-0.1, -0.05) is 106 Å². The number of Topliss-reactive ketones (excluding diaryl/α,β-unsaturated/α-hetero) is 1. The summed E-state index contributed by atoms with van der Waals surface area (Å²) in [6.07, 6.45) is 8.83. The molecule has 7 heteroatoms. The molecule has 0 aliphatic heterocycles. The van der Waals surface area contributed by atoms with Crippen LogP contribution in [0.15, 0.2) is 21.7 Å². The van der Waals surface area contributed by atoms with Gasteiger partial charge in [0.1, 0.15) is 5.78 Å². The molecule has 262 valence electrons. The molecular formula is C36H85NOSY4-4. The molecule has 0 heterocycles. The standard InChI is InChI=1S/3C5H9.C4H9N.C4H9.C3H6O.C3H6S.7CH4.4Y/c3*1-4-5(2)3;1-4(2)5-3;1-4(2)3;2*1-3(2)4;;;;;;;;;;;/h4*1-3H3;1-3H3;2*1-2H3;7*1H4;;;;/q3*-1;;-1;;;;;;;;;;;;;. The van der Waals surface area contributed by atoms with Gasteiger partial charge in [-0.25, -0.2) is 0 Å². The van der Waals surface area contributed by atoms with E-state index in [-0.39, 0.29) is 189 Å². The Hall–Kier alpha value is 3.07. The van der Waals surface area contributed by atoms with E-state index in [0.717, 1.165) is 10.6 Å². The summed E-state index contributed by atoms with van der Waals surface area (Å²) in [7, 11) is 1.79. The number of nitrogens with zero attached hydrogens (tertiary/aromatic N) is 1. The predicted octanol–water partition coefficient (Wildman–Crippen LogP) is 14.5. The van der Waals surface area contributed by atoms with Crippen molar-refractivity contribution in [1.82, 2.24) is 0 Å². The molecule has 0 atom stereocenters. The molecule has 0 aliphatic rings. The zero-order chi connectivity index (χ0) is 27.9. The summed E-state index contributed by atoms with van der Waals surface area (Å²) < 4.78 is 0. The third-order valence-electron chi connectivity index (χ3n) is 1.95. The van der Waals surface area contributed by atoms with Crippen LogP contribution in [-0.4, -0.2) is 23.4 Å². The van der Waals surface area contributed by atoms with E-state index in [4.69, 9.17) is 0 Å². The smallest absolute Gasteiger partial charge is 0.126 e. The maximum absolute atomic E-state index is 9.44. The van der Waals surface area contributed by atoms with Crippen LogP contribution < -0.4 is 0 Å². The Bertz CT molecular complexity index is 425. The van der Waals surface area contributed by atoms with Crippen molar-refractivity contribution >= 4 is 28.6 Å². The van der Waals surface area contributed by atoms with E-state index in [1.54, 1.807) is 7.05 Å². The van der Waals surface area contributed by atoms with E-state index in [1.807, 2.05) is 90.0 Å². The zero-order valence-corrected chi connectivity index (χ0v) is 39.7. The molecule has 0 saturated carbocycles. The number of carbonyl (C=O) groups is 1. The largest absolute Gasteiger partial charge is 0.501 e. The molecule has 2 nitrogen and oxygen atoms in total. The molecule has 0 saturated heterocycles. The Labute approximate surface area is 387 Å². The summed E-state index contributed by atoms with van der Waals surface area (Å²) in [5.41, 5.74) is 4.89. The van der Waals surface area contributed by atoms with Crippen molar-refractivity contribution in [3.63, 3.8) is 0 Å². The van der Waals surface area contributed by atoms with Crippen LogP contribution in [0.1, 0.15) is 177 Å².